The fourth-order valence-electron chi connectivity index (χ4n) is 4.72. The van der Waals surface area contributed by atoms with Crippen molar-refractivity contribution in [3.8, 4) is 28.0 Å². The van der Waals surface area contributed by atoms with Crippen molar-refractivity contribution in [2.24, 2.45) is 0 Å². The highest BCUT2D eigenvalue weighted by molar-refractivity contribution is 6.30. The van der Waals surface area contributed by atoms with Gasteiger partial charge in [0, 0.05) is 58.8 Å². The van der Waals surface area contributed by atoms with E-state index in [0.717, 1.165) is 46.1 Å². The molecule has 1 saturated heterocycles. The van der Waals surface area contributed by atoms with Gasteiger partial charge in [-0.05, 0) is 55.8 Å². The molecular weight excluding hydrogens is 418 g/mol. The van der Waals surface area contributed by atoms with Gasteiger partial charge < -0.3 is 14.2 Å². The maximum Gasteiger partial charge on any atom is 0.143 e. The van der Waals surface area contributed by atoms with Crippen LogP contribution in [0.15, 0.2) is 67.1 Å². The van der Waals surface area contributed by atoms with Crippen LogP contribution in [0.5, 0.6) is 5.75 Å². The summed E-state index contributed by atoms with van der Waals surface area (Å²) in [5, 5.41) is 1.93. The first-order chi connectivity index (χ1) is 15.7. The number of likely N-dealkylation sites (tertiary alicyclic amines) is 1. The van der Waals surface area contributed by atoms with E-state index in [4.69, 9.17) is 16.3 Å². The number of pyridine rings is 1. The summed E-state index contributed by atoms with van der Waals surface area (Å²) < 4.78 is 8.11. The molecule has 0 atom stereocenters. The lowest BCUT2D eigenvalue weighted by molar-refractivity contribution is 0.221. The highest BCUT2D eigenvalue weighted by Crippen LogP contribution is 2.36. The molecule has 1 fully saturated rings. The summed E-state index contributed by atoms with van der Waals surface area (Å²) in [5.74, 6) is 0.911. The maximum atomic E-state index is 6.08. The van der Waals surface area contributed by atoms with Gasteiger partial charge >= 0.3 is 0 Å². The SMILES string of the molecule is COc1cccc2c(-c3cncc(-c4ccc(Cl)cc4)c3)cn(CCN3CCCCC3)c12. The fraction of sp³-hybridized carbons (Fsp3) is 0.296. The minimum atomic E-state index is 0.738. The molecule has 4 nitrogen and oxygen atoms in total. The number of nitrogens with zero attached hydrogens (tertiary/aromatic N) is 3. The van der Waals surface area contributed by atoms with Gasteiger partial charge in [-0.15, -0.1) is 0 Å². The Hall–Kier alpha value is -2.82. The number of para-hydroxylation sites is 1. The smallest absolute Gasteiger partial charge is 0.143 e. The molecule has 0 saturated carbocycles. The van der Waals surface area contributed by atoms with Crippen LogP contribution >= 0.6 is 11.6 Å². The third-order valence-corrected chi connectivity index (χ3v) is 6.67. The number of hydrogen-bond donors (Lipinski definition) is 0. The number of rotatable bonds is 6. The molecule has 0 bridgehead atoms. The number of ether oxygens (including phenoxy) is 1. The molecule has 0 unspecified atom stereocenters. The zero-order valence-corrected chi connectivity index (χ0v) is 19.2. The Morgan fingerprint density at radius 3 is 2.47 bits per heavy atom. The average molecular weight is 446 g/mol. The third-order valence-electron chi connectivity index (χ3n) is 6.41. The number of halogens is 1. The number of benzene rings is 2. The summed E-state index contributed by atoms with van der Waals surface area (Å²) in [6, 6.07) is 16.4. The van der Waals surface area contributed by atoms with E-state index in [1.54, 1.807) is 7.11 Å². The van der Waals surface area contributed by atoms with Gasteiger partial charge in [-0.3, -0.25) is 4.98 Å². The molecule has 2 aromatic carbocycles. The predicted molar refractivity (Wildman–Crippen MR) is 132 cm³/mol. The van der Waals surface area contributed by atoms with Crippen LogP contribution in [0.25, 0.3) is 33.2 Å². The Labute approximate surface area is 194 Å². The van der Waals surface area contributed by atoms with E-state index in [-0.39, 0.29) is 0 Å². The van der Waals surface area contributed by atoms with Gasteiger partial charge in [-0.25, -0.2) is 0 Å². The van der Waals surface area contributed by atoms with Crippen molar-refractivity contribution in [1.82, 2.24) is 14.5 Å². The van der Waals surface area contributed by atoms with Gasteiger partial charge in [0.2, 0.25) is 0 Å². The molecule has 0 spiro atoms. The quantitative estimate of drug-likeness (QED) is 0.338. The number of aromatic nitrogens is 2. The second-order valence-corrected chi connectivity index (χ2v) is 8.90. The number of piperidine rings is 1. The Morgan fingerprint density at radius 2 is 1.69 bits per heavy atom. The molecule has 2 aromatic heterocycles. The Balaban J connectivity index is 1.54. The van der Waals surface area contributed by atoms with Gasteiger partial charge in [-0.2, -0.15) is 0 Å². The number of methoxy groups -OCH3 is 1. The van der Waals surface area contributed by atoms with E-state index in [1.165, 1.54) is 43.3 Å². The first kappa shape index (κ1) is 21.0. The number of fused-ring (bicyclic) bond motifs is 1. The fourth-order valence-corrected chi connectivity index (χ4v) is 4.84. The molecule has 1 aliphatic rings. The minimum absolute atomic E-state index is 0.738. The second kappa shape index (κ2) is 9.35. The van der Waals surface area contributed by atoms with E-state index < -0.39 is 0 Å². The predicted octanol–water partition coefficient (Wildman–Crippen LogP) is 6.52. The van der Waals surface area contributed by atoms with Crippen LogP contribution in [-0.2, 0) is 6.54 Å². The number of hydrogen-bond acceptors (Lipinski definition) is 3. The zero-order valence-electron chi connectivity index (χ0n) is 18.4. The van der Waals surface area contributed by atoms with Crippen molar-refractivity contribution < 1.29 is 4.74 Å². The van der Waals surface area contributed by atoms with Gasteiger partial charge in [0.1, 0.15) is 5.75 Å². The Morgan fingerprint density at radius 1 is 0.906 bits per heavy atom. The minimum Gasteiger partial charge on any atom is -0.495 e. The van der Waals surface area contributed by atoms with Crippen LogP contribution in [-0.4, -0.2) is 41.2 Å². The summed E-state index contributed by atoms with van der Waals surface area (Å²) in [4.78, 5) is 7.13. The lowest BCUT2D eigenvalue weighted by Crippen LogP contribution is -2.32. The van der Waals surface area contributed by atoms with Crippen LogP contribution in [0, 0.1) is 0 Å². The van der Waals surface area contributed by atoms with E-state index in [2.05, 4.69) is 38.8 Å². The van der Waals surface area contributed by atoms with Gasteiger partial charge in [0.05, 0.1) is 12.6 Å². The van der Waals surface area contributed by atoms with Crippen LogP contribution < -0.4 is 4.74 Å². The molecule has 0 aliphatic carbocycles. The molecule has 5 heteroatoms. The lowest BCUT2D eigenvalue weighted by Gasteiger charge is -2.26. The second-order valence-electron chi connectivity index (χ2n) is 8.46. The van der Waals surface area contributed by atoms with Gasteiger partial charge in [0.15, 0.2) is 0 Å². The molecular formula is C27H28ClN3O. The monoisotopic (exact) mass is 445 g/mol. The van der Waals surface area contributed by atoms with Crippen LogP contribution in [0.4, 0.5) is 0 Å². The topological polar surface area (TPSA) is 30.3 Å². The summed E-state index contributed by atoms with van der Waals surface area (Å²) in [6.07, 6.45) is 10.1. The van der Waals surface area contributed by atoms with Crippen molar-refractivity contribution in [1.29, 1.82) is 0 Å². The van der Waals surface area contributed by atoms with Crippen molar-refractivity contribution in [2.75, 3.05) is 26.7 Å². The highest BCUT2D eigenvalue weighted by atomic mass is 35.5. The summed E-state index contributed by atoms with van der Waals surface area (Å²) >= 11 is 6.08. The summed E-state index contributed by atoms with van der Waals surface area (Å²) in [5.41, 5.74) is 5.62. The molecule has 0 N–H and O–H groups in total. The molecule has 5 rings (SSSR count). The maximum absolute atomic E-state index is 6.08. The molecule has 4 aromatic rings. The van der Waals surface area contributed by atoms with E-state index >= 15 is 0 Å². The molecule has 32 heavy (non-hydrogen) atoms. The third kappa shape index (κ3) is 4.25. The van der Waals surface area contributed by atoms with Crippen LogP contribution in [0.2, 0.25) is 5.02 Å². The zero-order chi connectivity index (χ0) is 21.9. The van der Waals surface area contributed by atoms with Crippen LogP contribution in [0.3, 0.4) is 0 Å². The largest absolute Gasteiger partial charge is 0.495 e. The first-order valence-corrected chi connectivity index (χ1v) is 11.7. The van der Waals surface area contributed by atoms with Crippen LogP contribution in [0.1, 0.15) is 19.3 Å². The standard InChI is InChI=1S/C27H28ClN3O/c1-32-26-7-5-6-24-25(19-31(27(24)26)15-14-30-12-3-2-4-13-30)22-16-21(17-29-18-22)20-8-10-23(28)11-9-20/h5-11,16-19H,2-4,12-15H2,1H3. The van der Waals surface area contributed by atoms with Gasteiger partial charge in [0.25, 0.3) is 0 Å². The van der Waals surface area contributed by atoms with Crippen molar-refractivity contribution in [2.45, 2.75) is 25.8 Å². The Kier molecular flexibility index (Phi) is 6.15. The van der Waals surface area contributed by atoms with Gasteiger partial charge in [-0.1, -0.05) is 42.3 Å². The molecule has 0 radical (unpaired) electrons. The van der Waals surface area contributed by atoms with Crippen molar-refractivity contribution in [3.63, 3.8) is 0 Å². The molecule has 0 amide bonds. The lowest BCUT2D eigenvalue weighted by atomic mass is 10.0. The average Bonchev–Trinajstić information content (AvgIpc) is 3.23. The van der Waals surface area contributed by atoms with Crippen molar-refractivity contribution >= 4 is 22.5 Å². The van der Waals surface area contributed by atoms with Crippen molar-refractivity contribution in [3.05, 3.63) is 72.1 Å². The molecule has 3 heterocycles. The van der Waals surface area contributed by atoms with E-state index in [0.29, 0.717) is 0 Å². The molecule has 1 aliphatic heterocycles. The molecule has 164 valence electrons. The first-order valence-electron chi connectivity index (χ1n) is 11.3. The highest BCUT2D eigenvalue weighted by Gasteiger charge is 2.16. The Bertz CT molecular complexity index is 1210. The van der Waals surface area contributed by atoms with E-state index in [9.17, 15) is 0 Å². The summed E-state index contributed by atoms with van der Waals surface area (Å²) in [7, 11) is 1.75. The van der Waals surface area contributed by atoms with E-state index in [1.807, 2.05) is 42.7 Å². The summed E-state index contributed by atoms with van der Waals surface area (Å²) in [6.45, 7) is 4.41. The normalized spacial score (nSPS) is 14.7.